The summed E-state index contributed by atoms with van der Waals surface area (Å²) in [5.74, 6) is -2.74. The molecule has 1 unspecified atom stereocenters. The molecule has 34 heavy (non-hydrogen) atoms. The number of carbonyl (C=O) groups excluding carboxylic acids is 5. The first kappa shape index (κ1) is 24.9. The Balaban J connectivity index is 1.45. The van der Waals surface area contributed by atoms with Gasteiger partial charge in [0.1, 0.15) is 6.04 Å². The number of carboxylic acid groups (broad SMARTS) is 1. The van der Waals surface area contributed by atoms with Crippen molar-refractivity contribution >= 4 is 35.6 Å². The highest BCUT2D eigenvalue weighted by atomic mass is 16.4. The standard InChI is InChI=1S/C23H28N4O7/c28-18-10-9-17(20(30)26-18)27-21(31)15-8-7-14(13-16(15)22(27)32)19(29)24-11-5-3-1-2-4-6-12-25-23(33)34/h7-8,13,17,25H,1-6,9-12H2,(H,24,29)(H,33,34)(H,26,28,30). The molecule has 6 amide bonds. The summed E-state index contributed by atoms with van der Waals surface area (Å²) in [4.78, 5) is 72.8. The van der Waals surface area contributed by atoms with Gasteiger partial charge in [0, 0.05) is 25.1 Å². The number of benzene rings is 1. The zero-order valence-electron chi connectivity index (χ0n) is 18.7. The Morgan fingerprint density at radius 1 is 0.912 bits per heavy atom. The largest absolute Gasteiger partial charge is 0.465 e. The predicted molar refractivity (Wildman–Crippen MR) is 119 cm³/mol. The number of carbonyl (C=O) groups is 6. The van der Waals surface area contributed by atoms with Crippen LogP contribution in [0, 0.1) is 0 Å². The van der Waals surface area contributed by atoms with Gasteiger partial charge in [0.25, 0.3) is 17.7 Å². The third kappa shape index (κ3) is 5.97. The summed E-state index contributed by atoms with van der Waals surface area (Å²) >= 11 is 0. The van der Waals surface area contributed by atoms with Gasteiger partial charge < -0.3 is 15.7 Å². The molecule has 0 radical (unpaired) electrons. The van der Waals surface area contributed by atoms with Crippen molar-refractivity contribution in [3.05, 3.63) is 34.9 Å². The van der Waals surface area contributed by atoms with Gasteiger partial charge in [0.15, 0.2) is 0 Å². The van der Waals surface area contributed by atoms with Gasteiger partial charge in [-0.3, -0.25) is 34.2 Å². The summed E-state index contributed by atoms with van der Waals surface area (Å²) in [5.41, 5.74) is 0.445. The fraction of sp³-hybridized carbons (Fsp3) is 0.478. The van der Waals surface area contributed by atoms with E-state index in [1.165, 1.54) is 18.2 Å². The van der Waals surface area contributed by atoms with E-state index in [0.717, 1.165) is 43.4 Å². The normalized spacial score (nSPS) is 17.4. The Kier molecular flexibility index (Phi) is 8.34. The van der Waals surface area contributed by atoms with E-state index in [4.69, 9.17) is 5.11 Å². The number of imide groups is 2. The van der Waals surface area contributed by atoms with Crippen molar-refractivity contribution in [2.24, 2.45) is 0 Å². The van der Waals surface area contributed by atoms with Crippen LogP contribution < -0.4 is 16.0 Å². The van der Waals surface area contributed by atoms with Gasteiger partial charge in [-0.05, 0) is 37.5 Å². The average molecular weight is 472 g/mol. The van der Waals surface area contributed by atoms with Crippen LogP contribution in [0.3, 0.4) is 0 Å². The third-order valence-electron chi connectivity index (χ3n) is 5.87. The number of hydrogen-bond donors (Lipinski definition) is 4. The molecule has 2 aliphatic rings. The first-order chi connectivity index (χ1) is 16.3. The van der Waals surface area contributed by atoms with Gasteiger partial charge in [-0.15, -0.1) is 0 Å². The fourth-order valence-corrected chi connectivity index (χ4v) is 4.07. The molecule has 0 bridgehead atoms. The molecule has 11 heteroatoms. The first-order valence-electron chi connectivity index (χ1n) is 11.4. The molecule has 0 saturated carbocycles. The SMILES string of the molecule is O=C(O)NCCCCCCCCNC(=O)c1ccc2c(c1)C(=O)N(C1CCC(=O)NC1=O)C2=O. The van der Waals surface area contributed by atoms with Crippen molar-refractivity contribution < 1.29 is 33.9 Å². The van der Waals surface area contributed by atoms with Gasteiger partial charge in [-0.1, -0.05) is 25.7 Å². The number of amides is 6. The summed E-state index contributed by atoms with van der Waals surface area (Å²) in [6.45, 7) is 0.914. The van der Waals surface area contributed by atoms with E-state index >= 15 is 0 Å². The molecular weight excluding hydrogens is 444 g/mol. The van der Waals surface area contributed by atoms with Crippen molar-refractivity contribution in [1.82, 2.24) is 20.9 Å². The molecule has 1 aromatic carbocycles. The molecule has 1 atom stereocenters. The summed E-state index contributed by atoms with van der Waals surface area (Å²) in [7, 11) is 0. The summed E-state index contributed by atoms with van der Waals surface area (Å²) < 4.78 is 0. The minimum atomic E-state index is -1.05. The van der Waals surface area contributed by atoms with Crippen LogP contribution >= 0.6 is 0 Å². The van der Waals surface area contributed by atoms with Gasteiger partial charge in [0.05, 0.1) is 11.1 Å². The van der Waals surface area contributed by atoms with Crippen molar-refractivity contribution in [2.75, 3.05) is 13.1 Å². The lowest BCUT2D eigenvalue weighted by molar-refractivity contribution is -0.136. The molecule has 3 rings (SSSR count). The Hall–Kier alpha value is -3.76. The van der Waals surface area contributed by atoms with Crippen LogP contribution in [0.1, 0.15) is 82.4 Å². The minimum Gasteiger partial charge on any atom is -0.465 e. The summed E-state index contributed by atoms with van der Waals surface area (Å²) in [6.07, 6.45) is 4.50. The van der Waals surface area contributed by atoms with Gasteiger partial charge in [0.2, 0.25) is 11.8 Å². The van der Waals surface area contributed by atoms with E-state index in [1.807, 2.05) is 0 Å². The number of piperidine rings is 1. The molecule has 11 nitrogen and oxygen atoms in total. The molecule has 0 aliphatic carbocycles. The van der Waals surface area contributed by atoms with Crippen LogP contribution in [-0.2, 0) is 9.59 Å². The molecular formula is C23H28N4O7. The quantitative estimate of drug-likeness (QED) is 0.280. The molecule has 0 spiro atoms. The molecule has 2 aliphatic heterocycles. The van der Waals surface area contributed by atoms with E-state index in [1.54, 1.807) is 0 Å². The zero-order valence-corrected chi connectivity index (χ0v) is 18.7. The van der Waals surface area contributed by atoms with Crippen molar-refractivity contribution in [2.45, 2.75) is 57.4 Å². The predicted octanol–water partition coefficient (Wildman–Crippen LogP) is 1.43. The minimum absolute atomic E-state index is 0.0411. The molecule has 4 N–H and O–H groups in total. The third-order valence-corrected chi connectivity index (χ3v) is 5.87. The summed E-state index contributed by atoms with van der Waals surface area (Å²) in [6, 6.07) is 3.20. The molecule has 1 saturated heterocycles. The van der Waals surface area contributed by atoms with E-state index in [-0.39, 0.29) is 35.4 Å². The first-order valence-corrected chi connectivity index (χ1v) is 11.4. The molecule has 1 fully saturated rings. The average Bonchev–Trinajstić information content (AvgIpc) is 3.04. The maximum atomic E-state index is 12.8. The lowest BCUT2D eigenvalue weighted by Crippen LogP contribution is -2.54. The highest BCUT2D eigenvalue weighted by Crippen LogP contribution is 2.28. The van der Waals surface area contributed by atoms with Crippen LogP contribution in [0.4, 0.5) is 4.79 Å². The second kappa shape index (κ2) is 11.4. The van der Waals surface area contributed by atoms with E-state index in [9.17, 15) is 28.8 Å². The second-order valence-electron chi connectivity index (χ2n) is 8.32. The topological polar surface area (TPSA) is 162 Å². The molecule has 2 heterocycles. The van der Waals surface area contributed by atoms with E-state index < -0.39 is 35.8 Å². The number of rotatable bonds is 11. The van der Waals surface area contributed by atoms with Gasteiger partial charge in [-0.2, -0.15) is 0 Å². The Labute approximate surface area is 196 Å². The van der Waals surface area contributed by atoms with Crippen molar-refractivity contribution in [3.8, 4) is 0 Å². The highest BCUT2D eigenvalue weighted by Gasteiger charge is 2.44. The smallest absolute Gasteiger partial charge is 0.404 e. The van der Waals surface area contributed by atoms with Crippen LogP contribution in [-0.4, -0.2) is 64.8 Å². The fourth-order valence-electron chi connectivity index (χ4n) is 4.07. The lowest BCUT2D eigenvalue weighted by Gasteiger charge is -2.27. The maximum Gasteiger partial charge on any atom is 0.404 e. The van der Waals surface area contributed by atoms with Crippen LogP contribution in [0.5, 0.6) is 0 Å². The van der Waals surface area contributed by atoms with Gasteiger partial charge in [-0.25, -0.2) is 4.79 Å². The monoisotopic (exact) mass is 472 g/mol. The van der Waals surface area contributed by atoms with E-state index in [2.05, 4.69) is 16.0 Å². The molecule has 182 valence electrons. The number of hydrogen-bond acceptors (Lipinski definition) is 6. The van der Waals surface area contributed by atoms with Crippen LogP contribution in [0.25, 0.3) is 0 Å². The maximum absolute atomic E-state index is 12.8. The summed E-state index contributed by atoms with van der Waals surface area (Å²) in [5, 5.41) is 15.8. The Morgan fingerprint density at radius 2 is 1.53 bits per heavy atom. The van der Waals surface area contributed by atoms with Crippen molar-refractivity contribution in [3.63, 3.8) is 0 Å². The van der Waals surface area contributed by atoms with Crippen molar-refractivity contribution in [1.29, 1.82) is 0 Å². The Bertz CT molecular complexity index is 1010. The number of nitrogens with one attached hydrogen (secondary N) is 3. The highest BCUT2D eigenvalue weighted by molar-refractivity contribution is 6.24. The lowest BCUT2D eigenvalue weighted by atomic mass is 10.0. The second-order valence-corrected chi connectivity index (χ2v) is 8.32. The van der Waals surface area contributed by atoms with E-state index in [0.29, 0.717) is 13.1 Å². The van der Waals surface area contributed by atoms with Crippen LogP contribution in [0.15, 0.2) is 18.2 Å². The zero-order chi connectivity index (χ0) is 24.7. The van der Waals surface area contributed by atoms with Crippen LogP contribution in [0.2, 0.25) is 0 Å². The molecule has 0 aromatic heterocycles. The number of unbranched alkanes of at least 4 members (excludes halogenated alkanes) is 5. The number of nitrogens with zero attached hydrogens (tertiary/aromatic N) is 1. The molecule has 1 aromatic rings. The number of fused-ring (bicyclic) bond motifs is 1. The Morgan fingerprint density at radius 3 is 2.18 bits per heavy atom. The van der Waals surface area contributed by atoms with Gasteiger partial charge >= 0.3 is 6.09 Å².